The third-order valence-corrected chi connectivity index (χ3v) is 8.98. The summed E-state index contributed by atoms with van der Waals surface area (Å²) < 4.78 is 49.3. The van der Waals surface area contributed by atoms with Crippen molar-refractivity contribution in [2.24, 2.45) is 5.41 Å². The van der Waals surface area contributed by atoms with E-state index in [1.165, 1.54) is 12.1 Å². The lowest BCUT2D eigenvalue weighted by Gasteiger charge is -2.62. The van der Waals surface area contributed by atoms with Gasteiger partial charge in [-0.25, -0.2) is 18.4 Å². The minimum atomic E-state index is -4.82. The van der Waals surface area contributed by atoms with Crippen LogP contribution in [0, 0.1) is 5.41 Å². The third kappa shape index (κ3) is 5.24. The van der Waals surface area contributed by atoms with E-state index >= 15 is 0 Å². The van der Waals surface area contributed by atoms with Crippen LogP contribution in [0.15, 0.2) is 71.8 Å². The van der Waals surface area contributed by atoms with Crippen molar-refractivity contribution in [3.8, 4) is 11.4 Å². The van der Waals surface area contributed by atoms with Crippen LogP contribution in [0.1, 0.15) is 35.8 Å². The van der Waals surface area contributed by atoms with Crippen molar-refractivity contribution in [3.63, 3.8) is 0 Å². The van der Waals surface area contributed by atoms with Crippen molar-refractivity contribution < 1.29 is 27.1 Å². The van der Waals surface area contributed by atoms with Crippen LogP contribution in [0.25, 0.3) is 22.3 Å². The number of sulfone groups is 1. The first kappa shape index (κ1) is 27.2. The summed E-state index contributed by atoms with van der Waals surface area (Å²) in [6, 6.07) is 15.9. The molecule has 212 valence electrons. The van der Waals surface area contributed by atoms with Gasteiger partial charge in [0.1, 0.15) is 5.82 Å². The van der Waals surface area contributed by atoms with Gasteiger partial charge in [-0.15, -0.1) is 0 Å². The number of alkyl halides is 2. The zero-order valence-electron chi connectivity index (χ0n) is 22.1. The molecule has 9 nitrogen and oxygen atoms in total. The van der Waals surface area contributed by atoms with E-state index in [9.17, 15) is 27.1 Å². The van der Waals surface area contributed by atoms with Crippen molar-refractivity contribution in [1.82, 2.24) is 20.3 Å². The van der Waals surface area contributed by atoms with Crippen LogP contribution in [0.5, 0.6) is 0 Å². The van der Waals surface area contributed by atoms with Gasteiger partial charge in [0, 0.05) is 35.7 Å². The molecule has 1 aromatic carbocycles. The molecule has 2 N–H and O–H groups in total. The van der Waals surface area contributed by atoms with Gasteiger partial charge in [0.25, 0.3) is 5.91 Å². The second-order valence-corrected chi connectivity index (χ2v) is 13.1. The Balaban J connectivity index is 1.15. The number of rotatable bonds is 7. The lowest BCUT2D eigenvalue weighted by molar-refractivity contribution is -0.126. The Labute approximate surface area is 235 Å². The summed E-state index contributed by atoms with van der Waals surface area (Å²) in [5.74, 6) is -3.34. The molecule has 3 aromatic heterocycles. The van der Waals surface area contributed by atoms with Crippen LogP contribution < -0.4 is 10.2 Å². The molecule has 0 unspecified atom stereocenters. The number of pyridine rings is 3. The number of carbonyl (C=O) groups excluding carboxylic acids is 1. The number of halogens is 2. The summed E-state index contributed by atoms with van der Waals surface area (Å²) >= 11 is 0. The highest BCUT2D eigenvalue weighted by molar-refractivity contribution is 7.91. The predicted octanol–water partition coefficient (Wildman–Crippen LogP) is 3.97. The van der Waals surface area contributed by atoms with E-state index in [0.29, 0.717) is 16.9 Å². The summed E-state index contributed by atoms with van der Waals surface area (Å²) in [4.78, 5) is 28.1. The van der Waals surface area contributed by atoms with Crippen LogP contribution in [-0.4, -0.2) is 58.8 Å². The van der Waals surface area contributed by atoms with Crippen molar-refractivity contribution in [3.05, 3.63) is 78.1 Å². The van der Waals surface area contributed by atoms with Gasteiger partial charge in [-0.05, 0) is 68.3 Å². The molecule has 1 aliphatic carbocycles. The normalized spacial score (nSPS) is 17.3. The smallest absolute Gasteiger partial charge is 0.341 e. The van der Waals surface area contributed by atoms with Gasteiger partial charge >= 0.3 is 5.76 Å². The maximum atomic E-state index is 12.9. The topological polar surface area (TPSA) is 125 Å². The number of hydrogen-bond acceptors (Lipinski definition) is 8. The third-order valence-electron chi connectivity index (χ3n) is 7.60. The maximum Gasteiger partial charge on any atom is 0.341 e. The average molecular weight is 580 g/mol. The Morgan fingerprint density at radius 3 is 2.51 bits per heavy atom. The largest absolute Gasteiger partial charge is 0.390 e. The lowest BCUT2D eigenvalue weighted by atomic mass is 9.56. The molecule has 12 heteroatoms. The number of fused-ring (bicyclic) bond motifs is 1. The van der Waals surface area contributed by atoms with Crippen molar-refractivity contribution in [1.29, 1.82) is 0 Å². The lowest BCUT2D eigenvalue weighted by Crippen LogP contribution is -2.67. The molecule has 6 rings (SSSR count). The van der Waals surface area contributed by atoms with Gasteiger partial charge in [0.05, 0.1) is 39.6 Å². The zero-order valence-corrected chi connectivity index (χ0v) is 22.9. The highest BCUT2D eigenvalue weighted by Gasteiger charge is 2.57. The molecule has 2 aliphatic rings. The number of anilines is 1. The number of benzene rings is 1. The van der Waals surface area contributed by atoms with Crippen LogP contribution in [0.3, 0.4) is 0 Å². The van der Waals surface area contributed by atoms with Crippen LogP contribution in [-0.2, 0) is 16.4 Å². The number of aromatic nitrogens is 3. The summed E-state index contributed by atoms with van der Waals surface area (Å²) in [5.41, 5.74) is 2.13. The van der Waals surface area contributed by atoms with Gasteiger partial charge in [0.15, 0.2) is 0 Å². The quantitative estimate of drug-likeness (QED) is 0.337. The van der Waals surface area contributed by atoms with Crippen molar-refractivity contribution in [2.45, 2.75) is 42.6 Å². The molecule has 41 heavy (non-hydrogen) atoms. The molecular weight excluding hydrogens is 552 g/mol. The van der Waals surface area contributed by atoms with E-state index in [1.807, 2.05) is 37.3 Å². The SMILES string of the molecule is CC1(O)CC2(CN(c3cccc(-c4ccc5cnc(CNC(=O)c6cccc(S(=O)(=O)C(F)F)c6)cc5n4)n3)C2)C1. The fourth-order valence-electron chi connectivity index (χ4n) is 5.94. The van der Waals surface area contributed by atoms with E-state index < -0.39 is 32.0 Å². The van der Waals surface area contributed by atoms with Crippen LogP contribution in [0.4, 0.5) is 14.6 Å². The summed E-state index contributed by atoms with van der Waals surface area (Å²) in [7, 11) is -4.82. The predicted molar refractivity (Wildman–Crippen MR) is 148 cm³/mol. The Morgan fingerprint density at radius 2 is 1.78 bits per heavy atom. The zero-order chi connectivity index (χ0) is 29.0. The van der Waals surface area contributed by atoms with Gasteiger partial charge < -0.3 is 15.3 Å². The highest BCUT2D eigenvalue weighted by Crippen LogP contribution is 2.54. The van der Waals surface area contributed by atoms with Gasteiger partial charge in [-0.1, -0.05) is 12.1 Å². The summed E-state index contributed by atoms with van der Waals surface area (Å²) in [6.45, 7) is 3.64. The second kappa shape index (κ2) is 9.81. The van der Waals surface area contributed by atoms with Crippen molar-refractivity contribution >= 4 is 32.5 Å². The molecule has 0 radical (unpaired) electrons. The monoisotopic (exact) mass is 579 g/mol. The fourth-order valence-corrected chi connectivity index (χ4v) is 6.71. The number of aliphatic hydroxyl groups is 1. The minimum absolute atomic E-state index is 0.0177. The molecule has 1 saturated carbocycles. The number of nitrogens with zero attached hydrogens (tertiary/aromatic N) is 4. The molecule has 0 bridgehead atoms. The standard InChI is InChI=1S/C29H27F2N5O4S/c1-28(38)14-29(15-28)16-36(17-29)25-7-3-6-22(35-25)23-9-8-19-12-32-20(11-24(19)34-23)13-33-26(37)18-4-2-5-21(10-18)41(39,40)27(30)31/h2-12,27,38H,13-17H2,1H3,(H,33,37). The van der Waals surface area contributed by atoms with Crippen LogP contribution in [0.2, 0.25) is 0 Å². The number of nitrogens with one attached hydrogen (secondary N) is 1. The van der Waals surface area contributed by atoms with Crippen LogP contribution >= 0.6 is 0 Å². The number of carbonyl (C=O) groups is 1. The summed E-state index contributed by atoms with van der Waals surface area (Å²) in [5, 5.41) is 13.6. The number of hydrogen-bond donors (Lipinski definition) is 2. The van der Waals surface area contributed by atoms with Gasteiger partial charge in [0.2, 0.25) is 9.84 Å². The maximum absolute atomic E-state index is 12.9. The first-order valence-electron chi connectivity index (χ1n) is 13.0. The molecule has 1 spiro atoms. The first-order chi connectivity index (χ1) is 19.4. The fraction of sp³-hybridized carbons (Fsp3) is 0.310. The van der Waals surface area contributed by atoms with E-state index in [4.69, 9.17) is 9.97 Å². The molecule has 2 fully saturated rings. The molecular formula is C29H27F2N5O4S. The molecule has 4 aromatic rings. The Hall–Kier alpha value is -4.03. The molecule has 0 atom stereocenters. The molecule has 1 amide bonds. The van der Waals surface area contributed by atoms with Crippen molar-refractivity contribution in [2.75, 3.05) is 18.0 Å². The van der Waals surface area contributed by atoms with E-state index in [-0.39, 0.29) is 17.5 Å². The van der Waals surface area contributed by atoms with E-state index in [0.717, 1.165) is 55.0 Å². The van der Waals surface area contributed by atoms with Gasteiger partial charge in [-0.3, -0.25) is 9.78 Å². The minimum Gasteiger partial charge on any atom is -0.390 e. The summed E-state index contributed by atoms with van der Waals surface area (Å²) in [6.07, 6.45) is 3.26. The van der Waals surface area contributed by atoms with E-state index in [1.54, 1.807) is 12.3 Å². The molecule has 4 heterocycles. The Bertz CT molecular complexity index is 1760. The molecule has 1 aliphatic heterocycles. The van der Waals surface area contributed by atoms with Gasteiger partial charge in [-0.2, -0.15) is 8.78 Å². The second-order valence-electron chi connectivity index (χ2n) is 11.2. The Kier molecular flexibility index (Phi) is 6.50. The molecule has 1 saturated heterocycles. The Morgan fingerprint density at radius 1 is 1.05 bits per heavy atom. The average Bonchev–Trinajstić information content (AvgIpc) is 2.92. The van der Waals surface area contributed by atoms with E-state index in [2.05, 4.69) is 15.2 Å². The highest BCUT2D eigenvalue weighted by atomic mass is 32.2. The number of amides is 1. The first-order valence-corrected chi connectivity index (χ1v) is 14.6.